The SMILES string of the molecule is OCc1cc(NCc2csc(Cl)c2)ccc1-c1cnco1. The lowest BCUT2D eigenvalue weighted by Crippen LogP contribution is -1.99. The molecule has 0 saturated heterocycles. The second kappa shape index (κ2) is 6.30. The molecule has 6 heteroatoms. The van der Waals surface area contributed by atoms with Crippen molar-refractivity contribution in [1.29, 1.82) is 0 Å². The summed E-state index contributed by atoms with van der Waals surface area (Å²) in [4.78, 5) is 3.90. The Morgan fingerprint density at radius 1 is 1.33 bits per heavy atom. The number of hydrogen-bond donors (Lipinski definition) is 2. The predicted molar refractivity (Wildman–Crippen MR) is 84.5 cm³/mol. The molecule has 0 saturated carbocycles. The van der Waals surface area contributed by atoms with Gasteiger partial charge in [-0.05, 0) is 40.8 Å². The van der Waals surface area contributed by atoms with Crippen molar-refractivity contribution in [3.63, 3.8) is 0 Å². The van der Waals surface area contributed by atoms with Gasteiger partial charge in [-0.15, -0.1) is 11.3 Å². The summed E-state index contributed by atoms with van der Waals surface area (Å²) in [5, 5.41) is 14.9. The summed E-state index contributed by atoms with van der Waals surface area (Å²) in [6.45, 7) is 0.631. The van der Waals surface area contributed by atoms with Gasteiger partial charge in [0.05, 0.1) is 17.1 Å². The van der Waals surface area contributed by atoms with Crippen LogP contribution in [-0.4, -0.2) is 10.1 Å². The van der Waals surface area contributed by atoms with Crippen LogP contribution in [0.4, 0.5) is 5.69 Å². The van der Waals surface area contributed by atoms with Gasteiger partial charge in [0.1, 0.15) is 0 Å². The lowest BCUT2D eigenvalue weighted by molar-refractivity contribution is 0.282. The van der Waals surface area contributed by atoms with Crippen LogP contribution in [-0.2, 0) is 13.2 Å². The molecule has 0 aliphatic rings. The largest absolute Gasteiger partial charge is 0.444 e. The van der Waals surface area contributed by atoms with E-state index >= 15 is 0 Å². The number of thiophene rings is 1. The number of benzene rings is 1. The molecule has 0 spiro atoms. The monoisotopic (exact) mass is 320 g/mol. The predicted octanol–water partition coefficient (Wildman–Crippen LogP) is 4.16. The number of aromatic nitrogens is 1. The van der Waals surface area contributed by atoms with Gasteiger partial charge in [0.2, 0.25) is 0 Å². The molecule has 2 aromatic heterocycles. The first-order valence-corrected chi connectivity index (χ1v) is 7.61. The zero-order chi connectivity index (χ0) is 14.7. The van der Waals surface area contributed by atoms with Gasteiger partial charge in [-0.2, -0.15) is 0 Å². The normalized spacial score (nSPS) is 10.8. The topological polar surface area (TPSA) is 58.3 Å². The number of oxazole rings is 1. The highest BCUT2D eigenvalue weighted by atomic mass is 35.5. The minimum Gasteiger partial charge on any atom is -0.444 e. The smallest absolute Gasteiger partial charge is 0.181 e. The van der Waals surface area contributed by atoms with Crippen LogP contribution in [0.2, 0.25) is 4.34 Å². The highest BCUT2D eigenvalue weighted by Crippen LogP contribution is 2.27. The second-order valence-corrected chi connectivity index (χ2v) is 6.05. The summed E-state index contributed by atoms with van der Waals surface area (Å²) in [5.41, 5.74) is 3.71. The van der Waals surface area contributed by atoms with Crippen LogP contribution < -0.4 is 5.32 Å². The lowest BCUT2D eigenvalue weighted by Gasteiger charge is -2.10. The van der Waals surface area contributed by atoms with Crippen LogP contribution in [0.25, 0.3) is 11.3 Å². The summed E-state index contributed by atoms with van der Waals surface area (Å²) in [5.74, 6) is 0.648. The number of nitrogens with zero attached hydrogens (tertiary/aromatic N) is 1. The fourth-order valence-electron chi connectivity index (χ4n) is 2.07. The van der Waals surface area contributed by atoms with E-state index in [4.69, 9.17) is 16.0 Å². The summed E-state index contributed by atoms with van der Waals surface area (Å²) in [6.07, 6.45) is 3.01. The molecule has 1 aromatic carbocycles. The molecule has 2 N–H and O–H groups in total. The molecule has 0 aliphatic carbocycles. The van der Waals surface area contributed by atoms with Crippen molar-refractivity contribution in [1.82, 2.24) is 4.98 Å². The molecule has 0 bridgehead atoms. The van der Waals surface area contributed by atoms with Crippen LogP contribution in [0, 0.1) is 0 Å². The molecule has 108 valence electrons. The summed E-state index contributed by atoms with van der Waals surface area (Å²) < 4.78 is 6.06. The molecule has 3 aromatic rings. The van der Waals surface area contributed by atoms with Crippen molar-refractivity contribution < 1.29 is 9.52 Å². The Morgan fingerprint density at radius 2 is 2.24 bits per heavy atom. The van der Waals surface area contributed by atoms with E-state index in [1.54, 1.807) is 6.20 Å². The third kappa shape index (κ3) is 3.26. The fourth-order valence-corrected chi connectivity index (χ4v) is 2.97. The highest BCUT2D eigenvalue weighted by molar-refractivity contribution is 7.14. The molecule has 4 nitrogen and oxygen atoms in total. The molecule has 0 unspecified atom stereocenters. The van der Waals surface area contributed by atoms with Gasteiger partial charge in [0.25, 0.3) is 0 Å². The maximum absolute atomic E-state index is 9.52. The Balaban J connectivity index is 1.78. The summed E-state index contributed by atoms with van der Waals surface area (Å²) in [7, 11) is 0. The first-order chi connectivity index (χ1) is 10.3. The number of halogens is 1. The van der Waals surface area contributed by atoms with Gasteiger partial charge in [-0.25, -0.2) is 4.98 Å². The van der Waals surface area contributed by atoms with Crippen molar-refractivity contribution in [3.8, 4) is 11.3 Å². The van der Waals surface area contributed by atoms with Crippen LogP contribution in [0.1, 0.15) is 11.1 Å². The number of aliphatic hydroxyl groups is 1. The van der Waals surface area contributed by atoms with Crippen molar-refractivity contribution >= 4 is 28.6 Å². The summed E-state index contributed by atoms with van der Waals surface area (Å²) >= 11 is 7.42. The van der Waals surface area contributed by atoms with Crippen molar-refractivity contribution in [2.45, 2.75) is 13.2 Å². The van der Waals surface area contributed by atoms with E-state index in [-0.39, 0.29) is 6.61 Å². The molecule has 0 aliphatic heterocycles. The van der Waals surface area contributed by atoms with E-state index in [0.29, 0.717) is 12.3 Å². The Morgan fingerprint density at radius 3 is 2.90 bits per heavy atom. The van der Waals surface area contributed by atoms with Crippen molar-refractivity contribution in [3.05, 3.63) is 57.7 Å². The van der Waals surface area contributed by atoms with Crippen LogP contribution >= 0.6 is 22.9 Å². The van der Waals surface area contributed by atoms with Gasteiger partial charge < -0.3 is 14.8 Å². The number of rotatable bonds is 5. The Hall–Kier alpha value is -1.82. The first-order valence-electron chi connectivity index (χ1n) is 6.35. The molecule has 21 heavy (non-hydrogen) atoms. The Labute approximate surface area is 131 Å². The van der Waals surface area contributed by atoms with E-state index in [9.17, 15) is 5.11 Å². The van der Waals surface area contributed by atoms with E-state index < -0.39 is 0 Å². The minimum absolute atomic E-state index is 0.0597. The van der Waals surface area contributed by atoms with Gasteiger partial charge in [-0.1, -0.05) is 11.6 Å². The zero-order valence-electron chi connectivity index (χ0n) is 11.0. The third-order valence-electron chi connectivity index (χ3n) is 3.09. The Bertz CT molecular complexity index is 725. The molecule has 0 fully saturated rings. The van der Waals surface area contributed by atoms with Crippen molar-refractivity contribution in [2.24, 2.45) is 0 Å². The number of nitrogens with one attached hydrogen (secondary N) is 1. The molecular formula is C15H13ClN2O2S. The Kier molecular flexibility index (Phi) is 4.24. The fraction of sp³-hybridized carbons (Fsp3) is 0.133. The average Bonchev–Trinajstić information content (AvgIpc) is 3.16. The average molecular weight is 321 g/mol. The van der Waals surface area contributed by atoms with Crippen LogP contribution in [0.3, 0.4) is 0 Å². The first kappa shape index (κ1) is 14.1. The van der Waals surface area contributed by atoms with Crippen LogP contribution in [0.15, 0.2) is 46.7 Å². The highest BCUT2D eigenvalue weighted by Gasteiger charge is 2.08. The quantitative estimate of drug-likeness (QED) is 0.741. The number of hydrogen-bond acceptors (Lipinski definition) is 5. The molecule has 0 radical (unpaired) electrons. The molecule has 2 heterocycles. The van der Waals surface area contributed by atoms with Gasteiger partial charge in [0, 0.05) is 17.8 Å². The maximum Gasteiger partial charge on any atom is 0.181 e. The summed E-state index contributed by atoms with van der Waals surface area (Å²) in [6, 6.07) is 7.71. The maximum atomic E-state index is 9.52. The standard InChI is InChI=1S/C15H13ClN2O2S/c16-15-3-10(8-21-15)5-18-12-1-2-13(11(4-12)7-19)14-6-17-9-20-14/h1-4,6,8-9,18-19H,5,7H2. The molecule has 0 atom stereocenters. The van der Waals surface area contributed by atoms with E-state index in [2.05, 4.69) is 10.3 Å². The lowest BCUT2D eigenvalue weighted by atomic mass is 10.1. The van der Waals surface area contributed by atoms with E-state index in [0.717, 1.165) is 26.7 Å². The number of anilines is 1. The number of aliphatic hydroxyl groups excluding tert-OH is 1. The molecular weight excluding hydrogens is 308 g/mol. The second-order valence-electron chi connectivity index (χ2n) is 4.51. The van der Waals surface area contributed by atoms with E-state index in [1.165, 1.54) is 17.7 Å². The molecule has 3 rings (SSSR count). The third-order valence-corrected chi connectivity index (χ3v) is 4.23. The van der Waals surface area contributed by atoms with Gasteiger partial charge in [0.15, 0.2) is 12.2 Å². The van der Waals surface area contributed by atoms with Gasteiger partial charge >= 0.3 is 0 Å². The zero-order valence-corrected chi connectivity index (χ0v) is 12.6. The molecule has 0 amide bonds. The van der Waals surface area contributed by atoms with Crippen LogP contribution in [0.5, 0.6) is 0 Å². The minimum atomic E-state index is -0.0597. The van der Waals surface area contributed by atoms with Gasteiger partial charge in [-0.3, -0.25) is 0 Å². The van der Waals surface area contributed by atoms with Crippen molar-refractivity contribution in [2.75, 3.05) is 5.32 Å². The van der Waals surface area contributed by atoms with E-state index in [1.807, 2.05) is 29.6 Å².